The number of piperazine rings is 1. The molecule has 0 N–H and O–H groups in total. The van der Waals surface area contributed by atoms with Gasteiger partial charge in [-0.05, 0) is 60.6 Å². The molecule has 1 amide bonds. The zero-order valence-electron chi connectivity index (χ0n) is 17.8. The van der Waals surface area contributed by atoms with E-state index in [-0.39, 0.29) is 5.91 Å². The topological polar surface area (TPSA) is 36.0 Å². The molecule has 0 spiro atoms. The normalized spacial score (nSPS) is 16.5. The molecule has 0 aromatic heterocycles. The van der Waals surface area contributed by atoms with Crippen LogP contribution in [-0.4, -0.2) is 48.9 Å². The van der Waals surface area contributed by atoms with Gasteiger partial charge in [-0.15, -0.1) is 0 Å². The van der Waals surface area contributed by atoms with Crippen molar-refractivity contribution in [3.63, 3.8) is 0 Å². The van der Waals surface area contributed by atoms with Gasteiger partial charge in [0.1, 0.15) is 11.5 Å². The number of carbonyl (C=O) groups is 1. The van der Waals surface area contributed by atoms with Crippen LogP contribution in [0, 0.1) is 0 Å². The minimum Gasteiger partial charge on any atom is -0.457 e. The summed E-state index contributed by atoms with van der Waals surface area (Å²) in [6, 6.07) is 24.0. The van der Waals surface area contributed by atoms with Crippen LogP contribution in [0.25, 0.3) is 0 Å². The van der Waals surface area contributed by atoms with Gasteiger partial charge < -0.3 is 19.4 Å². The molecule has 0 atom stereocenters. The van der Waals surface area contributed by atoms with Crippen LogP contribution in [-0.2, 0) is 13.1 Å². The summed E-state index contributed by atoms with van der Waals surface area (Å²) >= 11 is 0. The van der Waals surface area contributed by atoms with E-state index in [1.807, 2.05) is 65.6 Å². The summed E-state index contributed by atoms with van der Waals surface area (Å²) in [6.07, 6.45) is 0. The number of hydrogen-bond donors (Lipinski definition) is 0. The van der Waals surface area contributed by atoms with Crippen molar-refractivity contribution in [3.05, 3.63) is 89.5 Å². The second-order valence-corrected chi connectivity index (χ2v) is 8.35. The lowest BCUT2D eigenvalue weighted by molar-refractivity contribution is 0.0766. The van der Waals surface area contributed by atoms with Crippen LogP contribution in [0.2, 0.25) is 0 Å². The SMILES string of the molecule is CN1CCN(c2ccc3c(c2)CN(Cc2ccc(Oc4ccccc4)cc2)C3=O)CC1. The van der Waals surface area contributed by atoms with Crippen LogP contribution >= 0.6 is 0 Å². The summed E-state index contributed by atoms with van der Waals surface area (Å²) < 4.78 is 5.86. The fraction of sp³-hybridized carbons (Fsp3) is 0.269. The molecule has 0 bridgehead atoms. The monoisotopic (exact) mass is 413 g/mol. The van der Waals surface area contributed by atoms with Crippen LogP contribution in [0.4, 0.5) is 5.69 Å². The van der Waals surface area contributed by atoms with Crippen LogP contribution in [0.5, 0.6) is 11.5 Å². The summed E-state index contributed by atoms with van der Waals surface area (Å²) in [4.78, 5) is 19.6. The number of hydrogen-bond acceptors (Lipinski definition) is 4. The first kappa shape index (κ1) is 19.6. The van der Waals surface area contributed by atoms with Crippen molar-refractivity contribution in [1.29, 1.82) is 0 Å². The number of benzene rings is 3. The Labute approximate surface area is 183 Å². The van der Waals surface area contributed by atoms with Crippen molar-refractivity contribution in [2.75, 3.05) is 38.1 Å². The van der Waals surface area contributed by atoms with E-state index in [9.17, 15) is 4.79 Å². The smallest absolute Gasteiger partial charge is 0.254 e. The first-order valence-electron chi connectivity index (χ1n) is 10.8. The van der Waals surface area contributed by atoms with Crippen molar-refractivity contribution in [2.24, 2.45) is 0 Å². The number of amides is 1. The van der Waals surface area contributed by atoms with E-state index in [1.54, 1.807) is 0 Å². The van der Waals surface area contributed by atoms with E-state index in [1.165, 1.54) is 5.69 Å². The number of anilines is 1. The van der Waals surface area contributed by atoms with Gasteiger partial charge in [0.05, 0.1) is 0 Å². The van der Waals surface area contributed by atoms with Crippen LogP contribution in [0.1, 0.15) is 21.5 Å². The zero-order chi connectivity index (χ0) is 21.2. The molecule has 2 heterocycles. The summed E-state index contributed by atoms with van der Waals surface area (Å²) in [6.45, 7) is 5.48. The van der Waals surface area contributed by atoms with Gasteiger partial charge in [0.2, 0.25) is 0 Å². The van der Waals surface area contributed by atoms with E-state index in [4.69, 9.17) is 4.74 Å². The van der Waals surface area contributed by atoms with Crippen molar-refractivity contribution in [3.8, 4) is 11.5 Å². The highest BCUT2D eigenvalue weighted by Crippen LogP contribution is 2.29. The second-order valence-electron chi connectivity index (χ2n) is 8.35. The number of para-hydroxylation sites is 1. The van der Waals surface area contributed by atoms with E-state index in [2.05, 4.69) is 29.0 Å². The molecule has 2 aliphatic heterocycles. The van der Waals surface area contributed by atoms with Gasteiger partial charge in [0.15, 0.2) is 0 Å². The molecule has 0 unspecified atom stereocenters. The molecular weight excluding hydrogens is 386 g/mol. The first-order chi connectivity index (χ1) is 15.2. The number of likely N-dealkylation sites (N-methyl/N-ethyl adjacent to an activating group) is 1. The molecule has 3 aromatic rings. The molecule has 5 heteroatoms. The van der Waals surface area contributed by atoms with Crippen LogP contribution < -0.4 is 9.64 Å². The van der Waals surface area contributed by atoms with Gasteiger partial charge in [-0.2, -0.15) is 0 Å². The average molecular weight is 414 g/mol. The highest BCUT2D eigenvalue weighted by atomic mass is 16.5. The van der Waals surface area contributed by atoms with Gasteiger partial charge in [-0.1, -0.05) is 30.3 Å². The lowest BCUT2D eigenvalue weighted by atomic mass is 10.1. The molecule has 1 fully saturated rings. The average Bonchev–Trinajstić information content (AvgIpc) is 3.11. The third-order valence-electron chi connectivity index (χ3n) is 6.11. The summed E-state index contributed by atoms with van der Waals surface area (Å²) in [5, 5.41) is 0. The van der Waals surface area contributed by atoms with Gasteiger partial charge in [0, 0.05) is 50.5 Å². The van der Waals surface area contributed by atoms with Crippen molar-refractivity contribution in [2.45, 2.75) is 13.1 Å². The Hall–Kier alpha value is -3.31. The molecule has 2 aliphatic rings. The van der Waals surface area contributed by atoms with Gasteiger partial charge in [-0.25, -0.2) is 0 Å². The maximum absolute atomic E-state index is 12.9. The fourth-order valence-corrected chi connectivity index (χ4v) is 4.26. The van der Waals surface area contributed by atoms with Crippen LogP contribution in [0.3, 0.4) is 0 Å². The molecule has 0 saturated carbocycles. The Morgan fingerprint density at radius 3 is 2.29 bits per heavy atom. The lowest BCUT2D eigenvalue weighted by Crippen LogP contribution is -2.44. The Morgan fingerprint density at radius 1 is 0.839 bits per heavy atom. The summed E-state index contributed by atoms with van der Waals surface area (Å²) in [5.41, 5.74) is 4.29. The molecule has 158 valence electrons. The number of ether oxygens (including phenoxy) is 1. The predicted octanol–water partition coefficient (Wildman–Crippen LogP) is 4.39. The van der Waals surface area contributed by atoms with E-state index < -0.39 is 0 Å². The number of fused-ring (bicyclic) bond motifs is 1. The Kier molecular flexibility index (Phi) is 5.35. The molecule has 5 rings (SSSR count). The predicted molar refractivity (Wildman–Crippen MR) is 123 cm³/mol. The van der Waals surface area contributed by atoms with E-state index >= 15 is 0 Å². The lowest BCUT2D eigenvalue weighted by Gasteiger charge is -2.34. The van der Waals surface area contributed by atoms with Crippen molar-refractivity contribution in [1.82, 2.24) is 9.80 Å². The first-order valence-corrected chi connectivity index (χ1v) is 10.8. The van der Waals surface area contributed by atoms with Gasteiger partial charge in [0.25, 0.3) is 5.91 Å². The second kappa shape index (κ2) is 8.44. The quantitative estimate of drug-likeness (QED) is 0.622. The molecule has 5 nitrogen and oxygen atoms in total. The molecule has 31 heavy (non-hydrogen) atoms. The minimum atomic E-state index is 0.115. The number of rotatable bonds is 5. The molecule has 3 aromatic carbocycles. The summed E-state index contributed by atoms with van der Waals surface area (Å²) in [5.74, 6) is 1.73. The third-order valence-corrected chi connectivity index (χ3v) is 6.11. The third kappa shape index (κ3) is 4.28. The van der Waals surface area contributed by atoms with Gasteiger partial charge in [-0.3, -0.25) is 4.79 Å². The Bertz CT molecular complexity index is 1060. The Morgan fingerprint density at radius 2 is 1.55 bits per heavy atom. The maximum atomic E-state index is 12.9. The fourth-order valence-electron chi connectivity index (χ4n) is 4.26. The molecule has 1 saturated heterocycles. The van der Waals surface area contributed by atoms with E-state index in [0.717, 1.165) is 54.4 Å². The van der Waals surface area contributed by atoms with Crippen molar-refractivity contribution < 1.29 is 9.53 Å². The highest BCUT2D eigenvalue weighted by molar-refractivity contribution is 5.98. The number of nitrogens with zero attached hydrogens (tertiary/aromatic N) is 3. The van der Waals surface area contributed by atoms with Crippen LogP contribution in [0.15, 0.2) is 72.8 Å². The van der Waals surface area contributed by atoms with Crippen molar-refractivity contribution >= 4 is 11.6 Å². The summed E-state index contributed by atoms with van der Waals surface area (Å²) in [7, 11) is 2.16. The highest BCUT2D eigenvalue weighted by Gasteiger charge is 2.28. The standard InChI is InChI=1S/C26H27N3O2/c1-27-13-15-28(16-14-27)22-9-12-25-21(17-22)19-29(26(25)30)18-20-7-10-24(11-8-20)31-23-5-3-2-4-6-23/h2-12,17H,13-16,18-19H2,1H3. The molecule has 0 aliphatic carbocycles. The molecule has 0 radical (unpaired) electrons. The Balaban J connectivity index is 1.24. The largest absolute Gasteiger partial charge is 0.457 e. The van der Waals surface area contributed by atoms with Gasteiger partial charge >= 0.3 is 0 Å². The zero-order valence-corrected chi connectivity index (χ0v) is 17.8. The van der Waals surface area contributed by atoms with E-state index in [0.29, 0.717) is 13.1 Å². The number of carbonyl (C=O) groups excluding carboxylic acids is 1. The minimum absolute atomic E-state index is 0.115. The maximum Gasteiger partial charge on any atom is 0.254 e. The molecular formula is C26H27N3O2.